The molecule has 0 aliphatic carbocycles. The van der Waals surface area contributed by atoms with Crippen LogP contribution >= 0.6 is 0 Å². The maximum atomic E-state index is 13.8. The van der Waals surface area contributed by atoms with Crippen molar-refractivity contribution in [1.29, 1.82) is 0 Å². The molecule has 0 aliphatic rings. The highest BCUT2D eigenvalue weighted by Crippen LogP contribution is 2.41. The van der Waals surface area contributed by atoms with Crippen molar-refractivity contribution in [3.8, 4) is 11.5 Å². The zero-order valence-electron chi connectivity index (χ0n) is 17.4. The molecule has 0 spiro atoms. The molecule has 1 N–H and O–H groups in total. The van der Waals surface area contributed by atoms with E-state index in [2.05, 4.69) is 20.6 Å². The van der Waals surface area contributed by atoms with Gasteiger partial charge in [-0.15, -0.1) is 10.2 Å². The first-order chi connectivity index (χ1) is 16.5. The predicted octanol–water partition coefficient (Wildman–Crippen LogP) is 5.79. The van der Waals surface area contributed by atoms with Crippen LogP contribution in [0.25, 0.3) is 0 Å². The highest BCUT2D eigenvalue weighted by molar-refractivity contribution is 7.85. The minimum Gasteiger partial charge on any atom is -0.457 e. The van der Waals surface area contributed by atoms with E-state index < -0.39 is 45.8 Å². The number of tetrazole rings is 1. The van der Waals surface area contributed by atoms with Crippen molar-refractivity contribution in [2.24, 2.45) is 0 Å². The Morgan fingerprint density at radius 2 is 1.60 bits per heavy atom. The van der Waals surface area contributed by atoms with Gasteiger partial charge < -0.3 is 4.74 Å². The fourth-order valence-corrected chi connectivity index (χ4v) is 4.26. The highest BCUT2D eigenvalue weighted by Gasteiger charge is 2.36. The minimum atomic E-state index is -4.93. The van der Waals surface area contributed by atoms with Crippen molar-refractivity contribution >= 4 is 10.8 Å². The normalized spacial score (nSPS) is 13.0. The Labute approximate surface area is 196 Å². The molecule has 0 amide bonds. The number of ether oxygens (including phenoxy) is 1. The molecular formula is C22H14F6N4O2S. The van der Waals surface area contributed by atoms with Gasteiger partial charge in [0.25, 0.3) is 0 Å². The smallest absolute Gasteiger partial charge is 0.420 e. The van der Waals surface area contributed by atoms with Gasteiger partial charge in [-0.3, -0.25) is 0 Å². The molecular weight excluding hydrogens is 498 g/mol. The summed E-state index contributed by atoms with van der Waals surface area (Å²) in [6.45, 7) is 0. The van der Waals surface area contributed by atoms with Crippen molar-refractivity contribution in [2.45, 2.75) is 28.6 Å². The molecule has 6 nitrogen and oxygen atoms in total. The molecule has 0 fully saturated rings. The molecule has 3 aromatic carbocycles. The van der Waals surface area contributed by atoms with Crippen LogP contribution in [-0.4, -0.2) is 24.8 Å². The molecule has 35 heavy (non-hydrogen) atoms. The second kappa shape index (κ2) is 9.49. The Bertz CT molecular complexity index is 1340. The van der Waals surface area contributed by atoms with Gasteiger partial charge in [0, 0.05) is 16.2 Å². The second-order valence-corrected chi connectivity index (χ2v) is 8.69. The van der Waals surface area contributed by atoms with Crippen LogP contribution in [-0.2, 0) is 29.6 Å². The third-order valence-corrected chi connectivity index (χ3v) is 6.08. The van der Waals surface area contributed by atoms with Crippen molar-refractivity contribution < 1.29 is 35.3 Å². The fraction of sp³-hybridized carbons (Fsp3) is 0.136. The zero-order valence-corrected chi connectivity index (χ0v) is 18.2. The second-order valence-electron chi connectivity index (χ2n) is 7.21. The van der Waals surface area contributed by atoms with E-state index in [1.807, 2.05) is 0 Å². The number of hydrogen-bond acceptors (Lipinski definition) is 5. The number of H-pyrrole nitrogens is 1. The first kappa shape index (κ1) is 24.4. The van der Waals surface area contributed by atoms with E-state index >= 15 is 0 Å². The van der Waals surface area contributed by atoms with Gasteiger partial charge in [-0.1, -0.05) is 23.4 Å². The highest BCUT2D eigenvalue weighted by atomic mass is 32.2. The molecule has 0 saturated heterocycles. The lowest BCUT2D eigenvalue weighted by atomic mass is 10.1. The van der Waals surface area contributed by atoms with Crippen LogP contribution in [0.2, 0.25) is 0 Å². The van der Waals surface area contributed by atoms with Gasteiger partial charge in [0.15, 0.2) is 5.82 Å². The maximum Gasteiger partial charge on any atom is 0.420 e. The number of halogens is 6. The zero-order chi connectivity index (χ0) is 25.2. The number of nitrogens with zero attached hydrogens (tertiary/aromatic N) is 3. The topological polar surface area (TPSA) is 80.8 Å². The minimum absolute atomic E-state index is 0.0478. The van der Waals surface area contributed by atoms with Crippen LogP contribution in [0.3, 0.4) is 0 Å². The molecule has 0 radical (unpaired) electrons. The van der Waals surface area contributed by atoms with Crippen LogP contribution in [0.1, 0.15) is 22.5 Å². The standard InChI is InChI=1S/C22H14F6N4O2S/c23-21(24,25)14-8-13(10-20-29-31-32-30-20)9-15(11-14)34-19-7-6-17(12-18(19)22(26,27)28)35(33)16-4-2-1-3-5-16/h1-9,11-12H,10H2,(H,29,30,31,32). The summed E-state index contributed by atoms with van der Waals surface area (Å²) in [5, 5.41) is 12.8. The third kappa shape index (κ3) is 5.85. The summed E-state index contributed by atoms with van der Waals surface area (Å²) in [5.74, 6) is -1.13. The summed E-state index contributed by atoms with van der Waals surface area (Å²) in [6, 6.07) is 13.2. The quantitative estimate of drug-likeness (QED) is 0.331. The molecule has 1 aromatic heterocycles. The van der Waals surface area contributed by atoms with Crippen LogP contribution < -0.4 is 4.74 Å². The fourth-order valence-electron chi connectivity index (χ4n) is 3.17. The van der Waals surface area contributed by atoms with Gasteiger partial charge in [0.1, 0.15) is 11.5 Å². The third-order valence-electron chi connectivity index (χ3n) is 4.70. The van der Waals surface area contributed by atoms with E-state index in [1.54, 1.807) is 18.2 Å². The number of alkyl halides is 6. The van der Waals surface area contributed by atoms with Gasteiger partial charge >= 0.3 is 12.4 Å². The summed E-state index contributed by atoms with van der Waals surface area (Å²) in [6.07, 6.45) is -9.88. The number of aromatic amines is 1. The summed E-state index contributed by atoms with van der Waals surface area (Å²) >= 11 is 0. The first-order valence-corrected chi connectivity index (χ1v) is 10.9. The lowest BCUT2D eigenvalue weighted by molar-refractivity contribution is -0.139. The van der Waals surface area contributed by atoms with Gasteiger partial charge in [0.05, 0.1) is 21.9 Å². The Balaban J connectivity index is 1.72. The van der Waals surface area contributed by atoms with Crippen molar-refractivity contribution in [2.75, 3.05) is 0 Å². The molecule has 4 rings (SSSR count). The van der Waals surface area contributed by atoms with E-state index in [0.717, 1.165) is 18.2 Å². The summed E-state index contributed by atoms with van der Waals surface area (Å²) in [5.41, 5.74) is -2.35. The molecule has 1 atom stereocenters. The Morgan fingerprint density at radius 1 is 0.857 bits per heavy atom. The summed E-state index contributed by atoms with van der Waals surface area (Å²) < 4.78 is 99.7. The van der Waals surface area contributed by atoms with Gasteiger partial charge in [-0.2, -0.15) is 31.6 Å². The van der Waals surface area contributed by atoms with Crippen molar-refractivity contribution in [3.05, 3.63) is 89.2 Å². The van der Waals surface area contributed by atoms with Crippen LogP contribution in [0.15, 0.2) is 76.5 Å². The SMILES string of the molecule is O=S(c1ccccc1)c1ccc(Oc2cc(Cc3nn[nH]n3)cc(C(F)(F)F)c2)c(C(F)(F)F)c1. The van der Waals surface area contributed by atoms with Crippen LogP contribution in [0, 0.1) is 0 Å². The van der Waals surface area contributed by atoms with Gasteiger partial charge in [-0.05, 0) is 54.1 Å². The molecule has 0 saturated carbocycles. The average molecular weight is 512 g/mol. The Hall–Kier alpha value is -3.74. The van der Waals surface area contributed by atoms with E-state index in [1.165, 1.54) is 18.2 Å². The van der Waals surface area contributed by atoms with Gasteiger partial charge in [0.2, 0.25) is 0 Å². The van der Waals surface area contributed by atoms with E-state index in [-0.39, 0.29) is 22.7 Å². The lowest BCUT2D eigenvalue weighted by Gasteiger charge is -2.17. The van der Waals surface area contributed by atoms with Gasteiger partial charge in [-0.25, -0.2) is 4.21 Å². The monoisotopic (exact) mass is 512 g/mol. The van der Waals surface area contributed by atoms with Crippen LogP contribution in [0.5, 0.6) is 11.5 Å². The van der Waals surface area contributed by atoms with E-state index in [4.69, 9.17) is 4.74 Å². The number of benzene rings is 3. The molecule has 4 aromatic rings. The summed E-state index contributed by atoms with van der Waals surface area (Å²) in [7, 11) is -1.91. The summed E-state index contributed by atoms with van der Waals surface area (Å²) in [4.78, 5) is 0.149. The molecule has 1 heterocycles. The Morgan fingerprint density at radius 3 is 2.23 bits per heavy atom. The number of aromatic nitrogens is 4. The molecule has 182 valence electrons. The molecule has 0 bridgehead atoms. The number of rotatable bonds is 6. The van der Waals surface area contributed by atoms with Crippen LogP contribution in [0.4, 0.5) is 26.3 Å². The Kier molecular flexibility index (Phi) is 6.61. The largest absolute Gasteiger partial charge is 0.457 e. The first-order valence-electron chi connectivity index (χ1n) is 9.80. The molecule has 0 aliphatic heterocycles. The average Bonchev–Trinajstić information content (AvgIpc) is 3.31. The maximum absolute atomic E-state index is 13.8. The molecule has 13 heteroatoms. The number of hydrogen-bond donors (Lipinski definition) is 1. The van der Waals surface area contributed by atoms with Crippen molar-refractivity contribution in [3.63, 3.8) is 0 Å². The predicted molar refractivity (Wildman–Crippen MR) is 111 cm³/mol. The van der Waals surface area contributed by atoms with E-state index in [9.17, 15) is 30.6 Å². The van der Waals surface area contributed by atoms with E-state index in [0.29, 0.717) is 17.0 Å². The lowest BCUT2D eigenvalue weighted by Crippen LogP contribution is -2.10. The number of nitrogens with one attached hydrogen (secondary N) is 1. The van der Waals surface area contributed by atoms with Crippen molar-refractivity contribution in [1.82, 2.24) is 20.6 Å². The molecule has 1 unspecified atom stereocenters.